The summed E-state index contributed by atoms with van der Waals surface area (Å²) in [6.07, 6.45) is 2.03. The molecule has 2 N–H and O–H groups in total. The third-order valence-corrected chi connectivity index (χ3v) is 5.71. The van der Waals surface area contributed by atoms with Crippen molar-refractivity contribution in [2.75, 3.05) is 5.73 Å². The molecule has 3 heteroatoms. The van der Waals surface area contributed by atoms with E-state index in [1.165, 1.54) is 15.6 Å². The Labute approximate surface area is 146 Å². The molecule has 0 aliphatic rings. The molecule has 120 valence electrons. The molecule has 24 heavy (non-hydrogen) atoms. The standard InChI is InChI=1S/C21H20N2S/c1-14(18-13-24-20-9-5-3-7-17(18)20)10-11-16-12-15-6-2-4-8-19(15)23-21(16)22/h2-9,12-14H,10-11H2,1H3,(H2,22,23). The van der Waals surface area contributed by atoms with Gasteiger partial charge < -0.3 is 5.73 Å². The van der Waals surface area contributed by atoms with Crippen molar-refractivity contribution in [1.29, 1.82) is 0 Å². The molecule has 0 bridgehead atoms. The molecule has 2 aromatic carbocycles. The maximum Gasteiger partial charge on any atom is 0.127 e. The van der Waals surface area contributed by atoms with E-state index in [0.717, 1.165) is 29.3 Å². The van der Waals surface area contributed by atoms with Gasteiger partial charge in [0.15, 0.2) is 0 Å². The van der Waals surface area contributed by atoms with Crippen LogP contribution in [0.15, 0.2) is 60.0 Å². The molecular weight excluding hydrogens is 312 g/mol. The molecule has 0 saturated carbocycles. The topological polar surface area (TPSA) is 38.9 Å². The lowest BCUT2D eigenvalue weighted by Crippen LogP contribution is -2.01. The Kier molecular flexibility index (Phi) is 3.95. The van der Waals surface area contributed by atoms with Gasteiger partial charge in [-0.3, -0.25) is 0 Å². The van der Waals surface area contributed by atoms with E-state index in [2.05, 4.69) is 53.7 Å². The first-order chi connectivity index (χ1) is 11.7. The van der Waals surface area contributed by atoms with Gasteiger partial charge in [-0.2, -0.15) is 0 Å². The number of benzene rings is 2. The first-order valence-electron chi connectivity index (χ1n) is 8.32. The van der Waals surface area contributed by atoms with Gasteiger partial charge in [0, 0.05) is 10.1 Å². The highest BCUT2D eigenvalue weighted by Gasteiger charge is 2.13. The molecule has 0 saturated heterocycles. The lowest BCUT2D eigenvalue weighted by atomic mass is 9.93. The Bertz CT molecular complexity index is 1000. The molecule has 0 aliphatic heterocycles. The predicted octanol–water partition coefficient (Wildman–Crippen LogP) is 5.77. The fourth-order valence-electron chi connectivity index (χ4n) is 3.28. The highest BCUT2D eigenvalue weighted by Crippen LogP contribution is 2.33. The third-order valence-electron chi connectivity index (χ3n) is 4.72. The number of rotatable bonds is 4. The predicted molar refractivity (Wildman–Crippen MR) is 105 cm³/mol. The zero-order chi connectivity index (χ0) is 16.5. The van der Waals surface area contributed by atoms with E-state index in [-0.39, 0.29) is 0 Å². The largest absolute Gasteiger partial charge is 0.383 e. The molecule has 0 spiro atoms. The Morgan fingerprint density at radius 3 is 2.79 bits per heavy atom. The summed E-state index contributed by atoms with van der Waals surface area (Å²) in [4.78, 5) is 4.55. The van der Waals surface area contributed by atoms with Crippen LogP contribution in [-0.4, -0.2) is 4.98 Å². The van der Waals surface area contributed by atoms with E-state index < -0.39 is 0 Å². The van der Waals surface area contributed by atoms with Crippen molar-refractivity contribution in [3.63, 3.8) is 0 Å². The Morgan fingerprint density at radius 1 is 1.08 bits per heavy atom. The SMILES string of the molecule is CC(CCc1cc2ccccc2nc1N)c1csc2ccccc12. The minimum Gasteiger partial charge on any atom is -0.383 e. The minimum atomic E-state index is 0.507. The van der Waals surface area contributed by atoms with Gasteiger partial charge >= 0.3 is 0 Å². The quantitative estimate of drug-likeness (QED) is 0.515. The van der Waals surface area contributed by atoms with Crippen molar-refractivity contribution >= 4 is 38.1 Å². The second-order valence-electron chi connectivity index (χ2n) is 6.35. The summed E-state index contributed by atoms with van der Waals surface area (Å²) in [6, 6.07) is 19.0. The fourth-order valence-corrected chi connectivity index (χ4v) is 4.37. The van der Waals surface area contributed by atoms with Crippen LogP contribution in [0.3, 0.4) is 0 Å². The molecule has 0 amide bonds. The number of nitrogens with two attached hydrogens (primary N) is 1. The van der Waals surface area contributed by atoms with Gasteiger partial charge in [-0.05, 0) is 58.9 Å². The molecule has 4 rings (SSSR count). The number of hydrogen-bond acceptors (Lipinski definition) is 3. The average Bonchev–Trinajstić information content (AvgIpc) is 3.04. The van der Waals surface area contributed by atoms with E-state index >= 15 is 0 Å². The third kappa shape index (κ3) is 2.76. The molecule has 4 aromatic rings. The molecule has 0 aliphatic carbocycles. The van der Waals surface area contributed by atoms with Crippen LogP contribution in [0.2, 0.25) is 0 Å². The number of fused-ring (bicyclic) bond motifs is 2. The number of para-hydroxylation sites is 1. The second kappa shape index (κ2) is 6.25. The lowest BCUT2D eigenvalue weighted by molar-refractivity contribution is 0.686. The highest BCUT2D eigenvalue weighted by molar-refractivity contribution is 7.17. The van der Waals surface area contributed by atoms with Crippen molar-refractivity contribution < 1.29 is 0 Å². The first-order valence-corrected chi connectivity index (χ1v) is 9.20. The molecule has 2 nitrogen and oxygen atoms in total. The summed E-state index contributed by atoms with van der Waals surface area (Å²) < 4.78 is 1.37. The normalized spacial score (nSPS) is 12.7. The van der Waals surface area contributed by atoms with Crippen LogP contribution in [0.4, 0.5) is 5.82 Å². The molecule has 0 fully saturated rings. The summed E-state index contributed by atoms with van der Waals surface area (Å²) in [5.74, 6) is 1.17. The van der Waals surface area contributed by atoms with E-state index in [1.54, 1.807) is 0 Å². The Balaban J connectivity index is 1.57. The number of aryl methyl sites for hydroxylation is 1. The molecule has 1 atom stereocenters. The Hall–Kier alpha value is -2.39. The Morgan fingerprint density at radius 2 is 1.88 bits per heavy atom. The van der Waals surface area contributed by atoms with E-state index in [4.69, 9.17) is 5.73 Å². The summed E-state index contributed by atoms with van der Waals surface area (Å²) >= 11 is 1.83. The van der Waals surface area contributed by atoms with Crippen molar-refractivity contribution in [2.45, 2.75) is 25.7 Å². The average molecular weight is 332 g/mol. The van der Waals surface area contributed by atoms with Gasteiger partial charge in [-0.1, -0.05) is 43.3 Å². The van der Waals surface area contributed by atoms with Crippen LogP contribution in [0.5, 0.6) is 0 Å². The molecule has 0 radical (unpaired) electrons. The fraction of sp³-hybridized carbons (Fsp3) is 0.190. The summed E-state index contributed by atoms with van der Waals surface area (Å²) in [5.41, 5.74) is 9.74. The number of hydrogen-bond donors (Lipinski definition) is 1. The van der Waals surface area contributed by atoms with Crippen LogP contribution in [-0.2, 0) is 6.42 Å². The van der Waals surface area contributed by atoms with Crippen LogP contribution in [0.1, 0.15) is 30.4 Å². The van der Waals surface area contributed by atoms with Gasteiger partial charge in [-0.15, -0.1) is 11.3 Å². The van der Waals surface area contributed by atoms with Crippen molar-refractivity contribution in [1.82, 2.24) is 4.98 Å². The van der Waals surface area contributed by atoms with E-state index in [1.807, 2.05) is 29.5 Å². The maximum absolute atomic E-state index is 6.17. The van der Waals surface area contributed by atoms with Crippen LogP contribution in [0.25, 0.3) is 21.0 Å². The molecular formula is C21H20N2S. The second-order valence-corrected chi connectivity index (χ2v) is 7.26. The van der Waals surface area contributed by atoms with Crippen molar-refractivity contribution in [3.05, 3.63) is 71.1 Å². The van der Waals surface area contributed by atoms with Crippen LogP contribution >= 0.6 is 11.3 Å². The molecule has 1 unspecified atom stereocenters. The van der Waals surface area contributed by atoms with Crippen LogP contribution in [0, 0.1) is 0 Å². The number of nitrogen functional groups attached to an aromatic ring is 1. The minimum absolute atomic E-state index is 0.507. The van der Waals surface area contributed by atoms with Crippen molar-refractivity contribution in [3.8, 4) is 0 Å². The van der Waals surface area contributed by atoms with Gasteiger partial charge in [0.1, 0.15) is 5.82 Å². The molecule has 2 aromatic heterocycles. The first kappa shape index (κ1) is 15.2. The van der Waals surface area contributed by atoms with Gasteiger partial charge in [0.2, 0.25) is 0 Å². The number of aromatic nitrogens is 1. The summed E-state index contributed by atoms with van der Waals surface area (Å²) in [5, 5.41) is 4.85. The van der Waals surface area contributed by atoms with Gasteiger partial charge in [0.25, 0.3) is 0 Å². The maximum atomic E-state index is 6.17. The summed E-state index contributed by atoms with van der Waals surface area (Å²) in [6.45, 7) is 2.30. The number of pyridine rings is 1. The van der Waals surface area contributed by atoms with E-state index in [0.29, 0.717) is 11.7 Å². The van der Waals surface area contributed by atoms with Gasteiger partial charge in [-0.25, -0.2) is 4.98 Å². The number of thiophene rings is 1. The van der Waals surface area contributed by atoms with E-state index in [9.17, 15) is 0 Å². The summed E-state index contributed by atoms with van der Waals surface area (Å²) in [7, 11) is 0. The zero-order valence-corrected chi connectivity index (χ0v) is 14.5. The highest BCUT2D eigenvalue weighted by atomic mass is 32.1. The zero-order valence-electron chi connectivity index (χ0n) is 13.7. The van der Waals surface area contributed by atoms with Gasteiger partial charge in [0.05, 0.1) is 5.52 Å². The monoisotopic (exact) mass is 332 g/mol. The molecule has 2 heterocycles. The number of nitrogens with zero attached hydrogens (tertiary/aromatic N) is 1. The number of anilines is 1. The smallest absolute Gasteiger partial charge is 0.127 e. The van der Waals surface area contributed by atoms with Crippen LogP contribution < -0.4 is 5.73 Å². The van der Waals surface area contributed by atoms with Crippen molar-refractivity contribution in [2.24, 2.45) is 0 Å². The lowest BCUT2D eigenvalue weighted by Gasteiger charge is -2.12.